The zero-order valence-corrected chi connectivity index (χ0v) is 11.9. The van der Waals surface area contributed by atoms with Crippen molar-refractivity contribution in [3.63, 3.8) is 0 Å². The topological polar surface area (TPSA) is 35.5 Å². The van der Waals surface area contributed by atoms with Crippen LogP contribution < -0.4 is 5.32 Å². The van der Waals surface area contributed by atoms with E-state index in [0.29, 0.717) is 12.6 Å². The number of likely N-dealkylation sites (tertiary alicyclic amines) is 1. The van der Waals surface area contributed by atoms with E-state index in [1.807, 2.05) is 0 Å². The van der Waals surface area contributed by atoms with E-state index >= 15 is 0 Å². The molecule has 0 aromatic heterocycles. The second-order valence-electron chi connectivity index (χ2n) is 5.75. The van der Waals surface area contributed by atoms with Crippen molar-refractivity contribution in [1.29, 1.82) is 0 Å². The Morgan fingerprint density at radius 1 is 1.26 bits per heavy atom. The van der Waals surface area contributed by atoms with E-state index in [4.69, 9.17) is 5.11 Å². The minimum atomic E-state index is 0.322. The van der Waals surface area contributed by atoms with Crippen LogP contribution in [0.2, 0.25) is 0 Å². The Kier molecular flexibility index (Phi) is 5.83. The van der Waals surface area contributed by atoms with Gasteiger partial charge in [-0.05, 0) is 37.8 Å². The van der Waals surface area contributed by atoms with Crippen molar-refractivity contribution in [1.82, 2.24) is 10.2 Å². The lowest BCUT2D eigenvalue weighted by Gasteiger charge is -2.36. The molecule has 2 rings (SSSR count). The maximum absolute atomic E-state index is 8.95. The van der Waals surface area contributed by atoms with Crippen molar-refractivity contribution < 1.29 is 5.11 Å². The third-order valence-corrected chi connectivity index (χ3v) is 3.93. The maximum atomic E-state index is 8.95. The van der Waals surface area contributed by atoms with Gasteiger partial charge in [0.1, 0.15) is 0 Å². The van der Waals surface area contributed by atoms with E-state index in [9.17, 15) is 0 Å². The number of nitrogens with one attached hydrogen (secondary N) is 1. The fourth-order valence-corrected chi connectivity index (χ4v) is 3.04. The first-order valence-electron chi connectivity index (χ1n) is 7.34. The van der Waals surface area contributed by atoms with Crippen LogP contribution in [0.4, 0.5) is 0 Å². The van der Waals surface area contributed by atoms with Gasteiger partial charge in [-0.1, -0.05) is 30.3 Å². The SMILES string of the molecule is CN1CC(CCCO)CC(NCc2ccccc2)C1. The lowest BCUT2D eigenvalue weighted by Crippen LogP contribution is -2.47. The van der Waals surface area contributed by atoms with Crippen molar-refractivity contribution in [3.8, 4) is 0 Å². The number of aliphatic hydroxyl groups excluding tert-OH is 1. The lowest BCUT2D eigenvalue weighted by atomic mass is 9.90. The Morgan fingerprint density at radius 2 is 2.05 bits per heavy atom. The third kappa shape index (κ3) is 4.94. The molecule has 0 saturated carbocycles. The molecule has 1 heterocycles. The zero-order valence-electron chi connectivity index (χ0n) is 11.9. The van der Waals surface area contributed by atoms with Crippen molar-refractivity contribution in [2.24, 2.45) is 5.92 Å². The Hall–Kier alpha value is -0.900. The number of rotatable bonds is 6. The molecule has 0 bridgehead atoms. The quantitative estimate of drug-likeness (QED) is 0.821. The second kappa shape index (κ2) is 7.63. The molecule has 3 nitrogen and oxygen atoms in total. The molecule has 0 spiro atoms. The van der Waals surface area contributed by atoms with Gasteiger partial charge in [0.15, 0.2) is 0 Å². The summed E-state index contributed by atoms with van der Waals surface area (Å²) in [7, 11) is 2.20. The second-order valence-corrected chi connectivity index (χ2v) is 5.75. The molecule has 0 amide bonds. The Bertz CT molecular complexity index is 355. The van der Waals surface area contributed by atoms with E-state index in [1.165, 1.54) is 18.5 Å². The van der Waals surface area contributed by atoms with Crippen molar-refractivity contribution in [3.05, 3.63) is 35.9 Å². The monoisotopic (exact) mass is 262 g/mol. The number of hydrogen-bond acceptors (Lipinski definition) is 3. The molecule has 0 radical (unpaired) electrons. The van der Waals surface area contributed by atoms with Crippen molar-refractivity contribution >= 4 is 0 Å². The number of piperidine rings is 1. The molecule has 0 aliphatic carbocycles. The van der Waals surface area contributed by atoms with Crippen molar-refractivity contribution in [2.75, 3.05) is 26.7 Å². The highest BCUT2D eigenvalue weighted by atomic mass is 16.2. The van der Waals surface area contributed by atoms with Crippen LogP contribution in [0.1, 0.15) is 24.8 Å². The van der Waals surface area contributed by atoms with E-state index in [-0.39, 0.29) is 0 Å². The number of likely N-dealkylation sites (N-methyl/N-ethyl adjacent to an activating group) is 1. The van der Waals surface area contributed by atoms with Gasteiger partial charge in [-0.3, -0.25) is 0 Å². The van der Waals surface area contributed by atoms with Gasteiger partial charge in [0, 0.05) is 32.3 Å². The van der Waals surface area contributed by atoms with Crippen LogP contribution in [0.15, 0.2) is 30.3 Å². The van der Waals surface area contributed by atoms with Crippen LogP contribution in [0.25, 0.3) is 0 Å². The Balaban J connectivity index is 1.79. The number of hydrogen-bond donors (Lipinski definition) is 2. The van der Waals surface area contributed by atoms with Crippen LogP contribution in [0, 0.1) is 5.92 Å². The first kappa shape index (κ1) is 14.5. The summed E-state index contributed by atoms with van der Waals surface area (Å²) in [5, 5.41) is 12.6. The number of nitrogens with zero attached hydrogens (tertiary/aromatic N) is 1. The first-order chi connectivity index (χ1) is 9.28. The van der Waals surface area contributed by atoms with Gasteiger partial charge in [0.05, 0.1) is 0 Å². The van der Waals surface area contributed by atoms with Crippen LogP contribution in [0.5, 0.6) is 0 Å². The van der Waals surface area contributed by atoms with E-state index < -0.39 is 0 Å². The molecule has 2 N–H and O–H groups in total. The first-order valence-corrected chi connectivity index (χ1v) is 7.34. The number of aliphatic hydroxyl groups is 1. The van der Waals surface area contributed by atoms with Gasteiger partial charge in [0.25, 0.3) is 0 Å². The minimum absolute atomic E-state index is 0.322. The third-order valence-electron chi connectivity index (χ3n) is 3.93. The maximum Gasteiger partial charge on any atom is 0.0431 e. The molecule has 2 atom stereocenters. The molecule has 1 fully saturated rings. The van der Waals surface area contributed by atoms with Gasteiger partial charge in [-0.2, -0.15) is 0 Å². The summed E-state index contributed by atoms with van der Waals surface area (Å²) in [5.41, 5.74) is 1.35. The summed E-state index contributed by atoms with van der Waals surface area (Å²) in [6.45, 7) is 3.57. The average molecular weight is 262 g/mol. The molecule has 1 saturated heterocycles. The number of benzene rings is 1. The lowest BCUT2D eigenvalue weighted by molar-refractivity contribution is 0.153. The van der Waals surface area contributed by atoms with Crippen LogP contribution >= 0.6 is 0 Å². The van der Waals surface area contributed by atoms with Crippen LogP contribution in [-0.4, -0.2) is 42.8 Å². The normalized spacial score (nSPS) is 24.5. The van der Waals surface area contributed by atoms with Crippen LogP contribution in [-0.2, 0) is 6.54 Å². The molecular weight excluding hydrogens is 236 g/mol. The fourth-order valence-electron chi connectivity index (χ4n) is 3.04. The Morgan fingerprint density at radius 3 is 2.79 bits per heavy atom. The van der Waals surface area contributed by atoms with Gasteiger partial charge in [-0.25, -0.2) is 0 Å². The van der Waals surface area contributed by atoms with E-state index in [1.54, 1.807) is 0 Å². The minimum Gasteiger partial charge on any atom is -0.396 e. The summed E-state index contributed by atoms with van der Waals surface area (Å²) >= 11 is 0. The fraction of sp³-hybridized carbons (Fsp3) is 0.625. The summed E-state index contributed by atoms with van der Waals surface area (Å²) in [6, 6.07) is 11.2. The highest BCUT2D eigenvalue weighted by molar-refractivity contribution is 5.14. The highest BCUT2D eigenvalue weighted by Gasteiger charge is 2.24. The van der Waals surface area contributed by atoms with Crippen molar-refractivity contribution in [2.45, 2.75) is 31.8 Å². The van der Waals surface area contributed by atoms with Crippen LogP contribution in [0.3, 0.4) is 0 Å². The summed E-state index contributed by atoms with van der Waals surface area (Å²) in [5.74, 6) is 0.721. The molecule has 3 heteroatoms. The average Bonchev–Trinajstić information content (AvgIpc) is 2.43. The van der Waals surface area contributed by atoms with Gasteiger partial charge in [0.2, 0.25) is 0 Å². The molecular formula is C16H26N2O. The largest absolute Gasteiger partial charge is 0.396 e. The summed E-state index contributed by atoms with van der Waals surface area (Å²) in [4.78, 5) is 2.41. The standard InChI is InChI=1S/C16H26N2O/c1-18-12-15(8-5-9-19)10-16(13-18)17-11-14-6-3-2-4-7-14/h2-4,6-7,15-17,19H,5,8-13H2,1H3. The van der Waals surface area contributed by atoms with Gasteiger partial charge >= 0.3 is 0 Å². The highest BCUT2D eigenvalue weighted by Crippen LogP contribution is 2.20. The molecule has 1 aromatic carbocycles. The molecule has 19 heavy (non-hydrogen) atoms. The zero-order chi connectivity index (χ0) is 13.5. The molecule has 1 aliphatic heterocycles. The van der Waals surface area contributed by atoms with Gasteiger partial charge in [-0.15, -0.1) is 0 Å². The van der Waals surface area contributed by atoms with E-state index in [2.05, 4.69) is 47.6 Å². The molecule has 2 unspecified atom stereocenters. The molecule has 1 aromatic rings. The predicted octanol–water partition coefficient (Wildman–Crippen LogP) is 1.87. The van der Waals surface area contributed by atoms with E-state index in [0.717, 1.165) is 31.8 Å². The van der Waals surface area contributed by atoms with Gasteiger partial charge < -0.3 is 15.3 Å². The summed E-state index contributed by atoms with van der Waals surface area (Å²) < 4.78 is 0. The Labute approximate surface area is 116 Å². The summed E-state index contributed by atoms with van der Waals surface area (Å²) in [6.07, 6.45) is 3.31. The molecule has 106 valence electrons. The predicted molar refractivity (Wildman–Crippen MR) is 79.0 cm³/mol. The molecule has 1 aliphatic rings. The smallest absolute Gasteiger partial charge is 0.0431 e.